The normalized spacial score (nSPS) is 9.20. The molecular formula is C5H4N2OS2. The Kier molecular flexibility index (Phi) is 2.08. The maximum atomic E-state index is 10.1. The van der Waals surface area contributed by atoms with Crippen molar-refractivity contribution in [1.82, 2.24) is 4.98 Å². The smallest absolute Gasteiger partial charge is 0.169 e. The summed E-state index contributed by atoms with van der Waals surface area (Å²) in [5.74, 6) is 0. The number of rotatable bonds is 2. The van der Waals surface area contributed by atoms with Gasteiger partial charge in [-0.3, -0.25) is 4.79 Å². The van der Waals surface area contributed by atoms with Crippen LogP contribution in [0.3, 0.4) is 0 Å². The molecule has 0 atom stereocenters. The Morgan fingerprint density at radius 1 is 1.90 bits per heavy atom. The highest BCUT2D eigenvalue weighted by atomic mass is 32.1. The van der Waals surface area contributed by atoms with Crippen molar-refractivity contribution in [2.75, 3.05) is 0 Å². The highest BCUT2D eigenvalue weighted by Crippen LogP contribution is 2.06. The predicted octanol–water partition coefficient (Wildman–Crippen LogP) is 0.590. The minimum atomic E-state index is 0.234. The molecule has 0 saturated heterocycles. The van der Waals surface area contributed by atoms with E-state index in [1.165, 1.54) is 11.3 Å². The van der Waals surface area contributed by atoms with Gasteiger partial charge in [0.15, 0.2) is 11.3 Å². The number of hydrogen-bond acceptors (Lipinski definition) is 4. The van der Waals surface area contributed by atoms with Gasteiger partial charge in [-0.1, -0.05) is 12.2 Å². The van der Waals surface area contributed by atoms with Crippen molar-refractivity contribution >= 4 is 34.8 Å². The molecule has 1 heterocycles. The fourth-order valence-electron chi connectivity index (χ4n) is 0.453. The summed E-state index contributed by atoms with van der Waals surface area (Å²) in [6.45, 7) is 0. The third-order valence-electron chi connectivity index (χ3n) is 0.853. The molecule has 5 heteroatoms. The first-order chi connectivity index (χ1) is 4.74. The number of aromatic nitrogens is 1. The van der Waals surface area contributed by atoms with Gasteiger partial charge < -0.3 is 5.73 Å². The quantitative estimate of drug-likeness (QED) is 0.524. The number of nitrogens with two attached hydrogens (primary N) is 1. The summed E-state index contributed by atoms with van der Waals surface area (Å²) in [4.78, 5) is 14.1. The summed E-state index contributed by atoms with van der Waals surface area (Å²) in [5.41, 5.74) is 5.63. The molecule has 3 nitrogen and oxygen atoms in total. The number of hydrogen-bond donors (Lipinski definition) is 1. The summed E-state index contributed by atoms with van der Waals surface area (Å²) >= 11 is 5.91. The number of thiazole rings is 1. The van der Waals surface area contributed by atoms with E-state index in [-0.39, 0.29) is 4.99 Å². The van der Waals surface area contributed by atoms with Crippen LogP contribution in [0, 0.1) is 0 Å². The molecule has 1 aromatic heterocycles. The Morgan fingerprint density at radius 2 is 2.60 bits per heavy atom. The highest BCUT2D eigenvalue weighted by molar-refractivity contribution is 7.81. The fourth-order valence-corrected chi connectivity index (χ4v) is 1.26. The average molecular weight is 172 g/mol. The second kappa shape index (κ2) is 2.85. The van der Waals surface area contributed by atoms with Crippen LogP contribution in [0.4, 0.5) is 0 Å². The fraction of sp³-hybridized carbons (Fsp3) is 0. The number of aldehydes is 1. The lowest BCUT2D eigenvalue weighted by molar-refractivity contribution is 0.111. The molecule has 0 amide bonds. The monoisotopic (exact) mass is 172 g/mol. The van der Waals surface area contributed by atoms with Gasteiger partial charge in [-0.05, 0) is 0 Å². The van der Waals surface area contributed by atoms with Crippen LogP contribution in [-0.4, -0.2) is 16.3 Å². The molecule has 0 aliphatic heterocycles. The number of thiocarbonyl (C=S) groups is 1. The minimum absolute atomic E-state index is 0.234. The zero-order valence-electron chi connectivity index (χ0n) is 4.90. The van der Waals surface area contributed by atoms with Gasteiger partial charge in [-0.25, -0.2) is 4.98 Å². The molecule has 0 spiro atoms. The average Bonchev–Trinajstić information content (AvgIpc) is 2.34. The molecular weight excluding hydrogens is 168 g/mol. The molecule has 0 fully saturated rings. The first-order valence-electron chi connectivity index (χ1n) is 2.44. The topological polar surface area (TPSA) is 56.0 Å². The van der Waals surface area contributed by atoms with Crippen LogP contribution < -0.4 is 5.73 Å². The maximum absolute atomic E-state index is 10.1. The second-order valence-corrected chi connectivity index (χ2v) is 2.86. The maximum Gasteiger partial charge on any atom is 0.169 e. The molecule has 1 aromatic rings. The SMILES string of the molecule is NC(=S)c1nc(C=O)cs1. The van der Waals surface area contributed by atoms with E-state index < -0.39 is 0 Å². The third-order valence-corrected chi connectivity index (χ3v) is 2.07. The lowest BCUT2D eigenvalue weighted by atomic mass is 10.5. The highest BCUT2D eigenvalue weighted by Gasteiger charge is 2.01. The Hall–Kier alpha value is -0.810. The Balaban J connectivity index is 2.98. The van der Waals surface area contributed by atoms with E-state index in [1.54, 1.807) is 5.38 Å². The van der Waals surface area contributed by atoms with Gasteiger partial charge >= 0.3 is 0 Å². The summed E-state index contributed by atoms with van der Waals surface area (Å²) < 4.78 is 0. The molecule has 0 aliphatic carbocycles. The summed E-state index contributed by atoms with van der Waals surface area (Å²) in [6.07, 6.45) is 0.665. The van der Waals surface area contributed by atoms with Crippen molar-refractivity contribution < 1.29 is 4.79 Å². The lowest BCUT2D eigenvalue weighted by Crippen LogP contribution is -2.08. The van der Waals surface area contributed by atoms with Gasteiger partial charge in [0.25, 0.3) is 0 Å². The van der Waals surface area contributed by atoms with E-state index in [4.69, 9.17) is 5.73 Å². The molecule has 1 rings (SSSR count). The largest absolute Gasteiger partial charge is 0.387 e. The molecule has 52 valence electrons. The van der Waals surface area contributed by atoms with Crippen molar-refractivity contribution in [2.24, 2.45) is 5.73 Å². The predicted molar refractivity (Wildman–Crippen MR) is 43.4 cm³/mol. The van der Waals surface area contributed by atoms with Gasteiger partial charge in [0.2, 0.25) is 0 Å². The first kappa shape index (κ1) is 7.30. The van der Waals surface area contributed by atoms with Crippen molar-refractivity contribution in [3.8, 4) is 0 Å². The van der Waals surface area contributed by atoms with E-state index in [2.05, 4.69) is 17.2 Å². The van der Waals surface area contributed by atoms with Gasteiger partial charge in [-0.2, -0.15) is 0 Å². The van der Waals surface area contributed by atoms with Gasteiger partial charge in [-0.15, -0.1) is 11.3 Å². The molecule has 0 saturated carbocycles. The second-order valence-electron chi connectivity index (χ2n) is 1.56. The zero-order chi connectivity index (χ0) is 7.56. The summed E-state index contributed by atoms with van der Waals surface area (Å²) in [5, 5.41) is 2.15. The van der Waals surface area contributed by atoms with Gasteiger partial charge in [0, 0.05) is 5.38 Å². The third kappa shape index (κ3) is 1.37. The van der Waals surface area contributed by atoms with Crippen LogP contribution >= 0.6 is 23.6 Å². The van der Waals surface area contributed by atoms with Crippen molar-refractivity contribution in [3.05, 3.63) is 16.1 Å². The van der Waals surface area contributed by atoms with Gasteiger partial charge in [0.1, 0.15) is 10.7 Å². The minimum Gasteiger partial charge on any atom is -0.387 e. The summed E-state index contributed by atoms with van der Waals surface area (Å²) in [6, 6.07) is 0. The molecule has 10 heavy (non-hydrogen) atoms. The number of nitrogens with zero attached hydrogens (tertiary/aromatic N) is 1. The van der Waals surface area contributed by atoms with E-state index in [0.29, 0.717) is 17.0 Å². The van der Waals surface area contributed by atoms with Crippen LogP contribution in [0.1, 0.15) is 15.5 Å². The van der Waals surface area contributed by atoms with Crippen LogP contribution in [0.5, 0.6) is 0 Å². The van der Waals surface area contributed by atoms with E-state index in [1.807, 2.05) is 0 Å². The molecule has 0 unspecified atom stereocenters. The van der Waals surface area contributed by atoms with E-state index >= 15 is 0 Å². The Morgan fingerprint density at radius 3 is 2.90 bits per heavy atom. The van der Waals surface area contributed by atoms with Crippen LogP contribution in [-0.2, 0) is 0 Å². The van der Waals surface area contributed by atoms with Crippen molar-refractivity contribution in [1.29, 1.82) is 0 Å². The van der Waals surface area contributed by atoms with Crippen molar-refractivity contribution in [2.45, 2.75) is 0 Å². The lowest BCUT2D eigenvalue weighted by Gasteiger charge is -1.84. The molecule has 0 radical (unpaired) electrons. The van der Waals surface area contributed by atoms with Crippen LogP contribution in [0.25, 0.3) is 0 Å². The Labute approximate surface area is 66.9 Å². The standard InChI is InChI=1S/C5H4N2OS2/c6-4(9)5-7-3(1-8)2-10-5/h1-2H,(H2,6,9). The molecule has 2 N–H and O–H groups in total. The zero-order valence-corrected chi connectivity index (χ0v) is 6.54. The van der Waals surface area contributed by atoms with E-state index in [9.17, 15) is 4.79 Å². The van der Waals surface area contributed by atoms with Crippen LogP contribution in [0.15, 0.2) is 5.38 Å². The summed E-state index contributed by atoms with van der Waals surface area (Å²) in [7, 11) is 0. The molecule has 0 aromatic carbocycles. The van der Waals surface area contributed by atoms with Crippen LogP contribution in [0.2, 0.25) is 0 Å². The Bertz CT molecular complexity index is 268. The van der Waals surface area contributed by atoms with Crippen molar-refractivity contribution in [3.63, 3.8) is 0 Å². The van der Waals surface area contributed by atoms with E-state index in [0.717, 1.165) is 0 Å². The first-order valence-corrected chi connectivity index (χ1v) is 3.73. The van der Waals surface area contributed by atoms with Gasteiger partial charge in [0.05, 0.1) is 0 Å². The number of carbonyl (C=O) groups excluding carboxylic acids is 1. The number of carbonyl (C=O) groups is 1. The molecule has 0 aliphatic rings. The molecule has 0 bridgehead atoms.